The highest BCUT2D eigenvalue weighted by Crippen LogP contribution is 2.29. The zero-order valence-electron chi connectivity index (χ0n) is 7.24. The minimum atomic E-state index is -0.229. The maximum atomic E-state index is 9.58. The number of ether oxygens (including phenoxy) is 2. The minimum Gasteiger partial charge on any atom is -0.390 e. The second kappa shape index (κ2) is 3.73. The first-order valence-corrected chi connectivity index (χ1v) is 4.71. The minimum absolute atomic E-state index is 0.229. The van der Waals surface area contributed by atoms with E-state index < -0.39 is 0 Å². The van der Waals surface area contributed by atoms with Crippen LogP contribution in [0.4, 0.5) is 0 Å². The van der Waals surface area contributed by atoms with Crippen molar-refractivity contribution in [2.45, 2.75) is 18.9 Å². The summed E-state index contributed by atoms with van der Waals surface area (Å²) in [5.41, 5.74) is 0. The van der Waals surface area contributed by atoms with Gasteiger partial charge in [-0.25, -0.2) is 0 Å². The van der Waals surface area contributed by atoms with Gasteiger partial charge in [-0.05, 0) is 18.8 Å². The molecule has 0 amide bonds. The maximum absolute atomic E-state index is 9.58. The summed E-state index contributed by atoms with van der Waals surface area (Å²) in [6, 6.07) is 0. The van der Waals surface area contributed by atoms with Gasteiger partial charge in [-0.1, -0.05) is 0 Å². The Bertz CT molecular complexity index is 143. The summed E-state index contributed by atoms with van der Waals surface area (Å²) in [7, 11) is 0. The number of aliphatic hydroxyl groups is 1. The van der Waals surface area contributed by atoms with Gasteiger partial charge in [-0.3, -0.25) is 0 Å². The van der Waals surface area contributed by atoms with Crippen LogP contribution in [0.3, 0.4) is 0 Å². The van der Waals surface area contributed by atoms with Gasteiger partial charge >= 0.3 is 0 Å². The van der Waals surface area contributed by atoms with E-state index in [1.54, 1.807) is 0 Å². The molecule has 2 aliphatic rings. The molecule has 2 atom stereocenters. The third-order valence-electron chi connectivity index (χ3n) is 2.96. The van der Waals surface area contributed by atoms with Gasteiger partial charge in [0.05, 0.1) is 19.3 Å². The van der Waals surface area contributed by atoms with E-state index >= 15 is 0 Å². The molecule has 2 aliphatic heterocycles. The number of hydrogen-bond acceptors (Lipinski definition) is 3. The Morgan fingerprint density at radius 3 is 2.33 bits per heavy atom. The fraction of sp³-hybridized carbons (Fsp3) is 1.00. The largest absolute Gasteiger partial charge is 0.390 e. The van der Waals surface area contributed by atoms with E-state index in [1.165, 1.54) is 0 Å². The Morgan fingerprint density at radius 1 is 1.00 bits per heavy atom. The predicted molar refractivity (Wildman–Crippen MR) is 43.9 cm³/mol. The van der Waals surface area contributed by atoms with E-state index in [1.807, 2.05) is 0 Å². The van der Waals surface area contributed by atoms with Crippen LogP contribution >= 0.6 is 0 Å². The summed E-state index contributed by atoms with van der Waals surface area (Å²) in [6.07, 6.45) is 1.95. The molecule has 2 rings (SSSR count). The van der Waals surface area contributed by atoms with Crippen LogP contribution < -0.4 is 0 Å². The first-order valence-electron chi connectivity index (χ1n) is 4.71. The topological polar surface area (TPSA) is 38.7 Å². The van der Waals surface area contributed by atoms with Gasteiger partial charge in [-0.2, -0.15) is 0 Å². The molecule has 0 aromatic heterocycles. The van der Waals surface area contributed by atoms with Crippen molar-refractivity contribution in [3.05, 3.63) is 0 Å². The lowest BCUT2D eigenvalue weighted by Crippen LogP contribution is -2.30. The van der Waals surface area contributed by atoms with Crippen LogP contribution in [0.1, 0.15) is 12.8 Å². The Hall–Kier alpha value is -0.120. The van der Waals surface area contributed by atoms with Gasteiger partial charge in [-0.15, -0.1) is 0 Å². The molecule has 0 unspecified atom stereocenters. The molecule has 0 bridgehead atoms. The molecule has 2 saturated heterocycles. The highest BCUT2D eigenvalue weighted by atomic mass is 16.5. The number of aliphatic hydroxyl groups excluding tert-OH is 1. The van der Waals surface area contributed by atoms with E-state index in [-0.39, 0.29) is 6.10 Å². The van der Waals surface area contributed by atoms with E-state index in [0.717, 1.165) is 32.7 Å². The summed E-state index contributed by atoms with van der Waals surface area (Å²) >= 11 is 0. The molecular weight excluding hydrogens is 156 g/mol. The average molecular weight is 172 g/mol. The summed E-state index contributed by atoms with van der Waals surface area (Å²) < 4.78 is 10.5. The second-order valence-electron chi connectivity index (χ2n) is 3.72. The van der Waals surface area contributed by atoms with Gasteiger partial charge < -0.3 is 14.6 Å². The van der Waals surface area contributed by atoms with Crippen LogP contribution in [0.15, 0.2) is 0 Å². The lowest BCUT2D eigenvalue weighted by molar-refractivity contribution is 0.0221. The highest BCUT2D eigenvalue weighted by molar-refractivity contribution is 4.81. The third-order valence-corrected chi connectivity index (χ3v) is 2.96. The molecule has 0 radical (unpaired) electrons. The summed E-state index contributed by atoms with van der Waals surface area (Å²) in [5.74, 6) is 0.991. The molecule has 0 spiro atoms. The summed E-state index contributed by atoms with van der Waals surface area (Å²) in [5, 5.41) is 9.58. The predicted octanol–water partition coefficient (Wildman–Crippen LogP) is 0.420. The van der Waals surface area contributed by atoms with Crippen LogP contribution in [0.5, 0.6) is 0 Å². The van der Waals surface area contributed by atoms with Crippen molar-refractivity contribution in [1.29, 1.82) is 0 Å². The molecule has 0 aliphatic carbocycles. The molecule has 1 N–H and O–H groups in total. The smallest absolute Gasteiger partial charge is 0.0826 e. The molecule has 2 fully saturated rings. The molecule has 0 aromatic rings. The van der Waals surface area contributed by atoms with Gasteiger partial charge in [0.1, 0.15) is 0 Å². The zero-order chi connectivity index (χ0) is 8.39. The fourth-order valence-electron chi connectivity index (χ4n) is 2.15. The summed E-state index contributed by atoms with van der Waals surface area (Å²) in [4.78, 5) is 0. The van der Waals surface area contributed by atoms with Crippen molar-refractivity contribution in [1.82, 2.24) is 0 Å². The standard InChI is InChI=1S/C9H16O3/c10-9-6-12-5-8(9)7-1-3-11-4-2-7/h7-10H,1-6H2/t8-,9+/m0/s1. The summed E-state index contributed by atoms with van der Waals surface area (Å²) in [6.45, 7) is 2.98. The molecule has 12 heavy (non-hydrogen) atoms. The van der Waals surface area contributed by atoms with Crippen molar-refractivity contribution in [3.8, 4) is 0 Å². The molecule has 0 saturated carbocycles. The molecule has 2 heterocycles. The average Bonchev–Trinajstić information content (AvgIpc) is 2.53. The Labute approximate surface area is 72.7 Å². The lowest BCUT2D eigenvalue weighted by atomic mass is 9.84. The van der Waals surface area contributed by atoms with E-state index in [4.69, 9.17) is 9.47 Å². The maximum Gasteiger partial charge on any atom is 0.0826 e. The molecule has 0 aromatic carbocycles. The number of hydrogen-bond donors (Lipinski definition) is 1. The fourth-order valence-corrected chi connectivity index (χ4v) is 2.15. The third kappa shape index (κ3) is 1.63. The van der Waals surface area contributed by atoms with Crippen LogP contribution in [0.25, 0.3) is 0 Å². The van der Waals surface area contributed by atoms with Crippen LogP contribution in [0, 0.1) is 11.8 Å². The Kier molecular flexibility index (Phi) is 2.63. The van der Waals surface area contributed by atoms with Crippen molar-refractivity contribution >= 4 is 0 Å². The molecule has 3 heteroatoms. The normalized spacial score (nSPS) is 38.8. The van der Waals surface area contributed by atoms with Gasteiger partial charge in [0.2, 0.25) is 0 Å². The van der Waals surface area contributed by atoms with Gasteiger partial charge in [0.25, 0.3) is 0 Å². The second-order valence-corrected chi connectivity index (χ2v) is 3.72. The molecule has 70 valence electrons. The molecular formula is C9H16O3. The quantitative estimate of drug-likeness (QED) is 0.623. The van der Waals surface area contributed by atoms with Gasteiger partial charge in [0, 0.05) is 19.1 Å². The monoisotopic (exact) mass is 172 g/mol. The van der Waals surface area contributed by atoms with Crippen LogP contribution in [-0.4, -0.2) is 37.6 Å². The van der Waals surface area contributed by atoms with E-state index in [2.05, 4.69) is 0 Å². The first kappa shape index (κ1) is 8.48. The van der Waals surface area contributed by atoms with Crippen molar-refractivity contribution in [2.75, 3.05) is 26.4 Å². The van der Waals surface area contributed by atoms with Crippen molar-refractivity contribution < 1.29 is 14.6 Å². The lowest BCUT2D eigenvalue weighted by Gasteiger charge is -2.28. The Morgan fingerprint density at radius 2 is 1.75 bits per heavy atom. The van der Waals surface area contributed by atoms with E-state index in [9.17, 15) is 5.11 Å². The van der Waals surface area contributed by atoms with Crippen LogP contribution in [0.2, 0.25) is 0 Å². The van der Waals surface area contributed by atoms with E-state index in [0.29, 0.717) is 18.4 Å². The Balaban J connectivity index is 1.89. The first-order chi connectivity index (χ1) is 5.88. The highest BCUT2D eigenvalue weighted by Gasteiger charge is 2.33. The zero-order valence-corrected chi connectivity index (χ0v) is 7.24. The van der Waals surface area contributed by atoms with Crippen molar-refractivity contribution in [2.24, 2.45) is 11.8 Å². The van der Waals surface area contributed by atoms with Gasteiger partial charge in [0.15, 0.2) is 0 Å². The van der Waals surface area contributed by atoms with Crippen LogP contribution in [-0.2, 0) is 9.47 Å². The SMILES string of the molecule is O[C@@H]1COC[C@H]1C1CCOCC1. The number of rotatable bonds is 1. The molecule has 3 nitrogen and oxygen atoms in total. The van der Waals surface area contributed by atoms with Crippen molar-refractivity contribution in [3.63, 3.8) is 0 Å².